The van der Waals surface area contributed by atoms with Crippen molar-refractivity contribution in [3.63, 3.8) is 0 Å². The van der Waals surface area contributed by atoms with Crippen molar-refractivity contribution in [2.45, 2.75) is 57.8 Å². The minimum absolute atomic E-state index is 0. The van der Waals surface area contributed by atoms with Gasteiger partial charge in [-0.2, -0.15) is 0 Å². The van der Waals surface area contributed by atoms with Crippen molar-refractivity contribution in [3.05, 3.63) is 62.3 Å². The summed E-state index contributed by atoms with van der Waals surface area (Å²) in [5.41, 5.74) is 5.88. The zero-order chi connectivity index (χ0) is 25.8. The Morgan fingerprint density at radius 1 is 1.11 bits per heavy atom. The highest BCUT2D eigenvalue weighted by Gasteiger charge is 2.35. The third-order valence-electron chi connectivity index (χ3n) is 6.83. The van der Waals surface area contributed by atoms with E-state index in [0.717, 1.165) is 17.4 Å². The maximum Gasteiger partial charge on any atom is 0.333 e. The number of hydrogen-bond donors (Lipinski definition) is 2. The molecule has 2 atom stereocenters. The van der Waals surface area contributed by atoms with Gasteiger partial charge in [0.2, 0.25) is 0 Å². The molecular weight excluding hydrogens is 498 g/mol. The first-order valence-corrected chi connectivity index (χ1v) is 12.2. The minimum atomic E-state index is -1.04. The fraction of sp³-hybridized carbons (Fsp3) is 0.462. The number of benzene rings is 1. The molecule has 0 radical (unpaired) electrons. The number of likely N-dealkylation sites (tertiary alicyclic amines) is 1. The summed E-state index contributed by atoms with van der Waals surface area (Å²) in [6.07, 6.45) is 2.75. The van der Waals surface area contributed by atoms with Gasteiger partial charge in [0.15, 0.2) is 0 Å². The second kappa shape index (κ2) is 12.1. The number of anilines is 1. The monoisotopic (exact) mass is 529 g/mol. The van der Waals surface area contributed by atoms with Crippen molar-refractivity contribution in [2.75, 3.05) is 24.5 Å². The highest BCUT2D eigenvalue weighted by Crippen LogP contribution is 2.22. The number of aliphatic carboxylic acids is 1. The maximum absolute atomic E-state index is 13.6. The lowest BCUT2D eigenvalue weighted by molar-refractivity contribution is -0.141. The molecule has 2 aliphatic rings. The molecule has 10 nitrogen and oxygen atoms in total. The number of halogens is 1. The van der Waals surface area contributed by atoms with Gasteiger partial charge in [0.1, 0.15) is 11.9 Å². The van der Waals surface area contributed by atoms with Crippen LogP contribution in [0.5, 0.6) is 0 Å². The quantitative estimate of drug-likeness (QED) is 0.536. The summed E-state index contributed by atoms with van der Waals surface area (Å²) in [7, 11) is 0. The molecule has 0 saturated carbocycles. The van der Waals surface area contributed by atoms with Crippen molar-refractivity contribution in [1.82, 2.24) is 14.0 Å². The summed E-state index contributed by atoms with van der Waals surface area (Å²) in [6.45, 7) is 3.26. The molecule has 2 saturated heterocycles. The van der Waals surface area contributed by atoms with Gasteiger partial charge in [-0.15, -0.1) is 18.3 Å². The van der Waals surface area contributed by atoms with Crippen LogP contribution in [-0.4, -0.2) is 62.7 Å². The summed E-state index contributed by atoms with van der Waals surface area (Å²) in [6, 6.07) is 7.20. The molecule has 0 bridgehead atoms. The minimum Gasteiger partial charge on any atom is -0.480 e. The van der Waals surface area contributed by atoms with Crippen LogP contribution < -0.4 is 21.9 Å². The molecule has 0 spiro atoms. The maximum atomic E-state index is 13.6. The van der Waals surface area contributed by atoms with Crippen molar-refractivity contribution in [1.29, 1.82) is 0 Å². The third kappa shape index (κ3) is 5.89. The number of piperidine rings is 1. The largest absolute Gasteiger partial charge is 0.480 e. The molecule has 0 aliphatic carbocycles. The Morgan fingerprint density at radius 2 is 1.84 bits per heavy atom. The molecule has 2 aromatic rings. The lowest BCUT2D eigenvalue weighted by Gasteiger charge is -2.33. The Kier molecular flexibility index (Phi) is 9.18. The van der Waals surface area contributed by atoms with E-state index in [-0.39, 0.29) is 37.1 Å². The molecule has 1 aromatic heterocycles. The number of carboxylic acid groups (broad SMARTS) is 1. The molecule has 1 amide bonds. The van der Waals surface area contributed by atoms with E-state index in [9.17, 15) is 24.3 Å². The molecule has 3 N–H and O–H groups in total. The first-order chi connectivity index (χ1) is 17.3. The molecule has 3 heterocycles. The summed E-state index contributed by atoms with van der Waals surface area (Å²) in [5, 5.41) is 9.50. The molecular formula is C26H32ClN5O5. The number of rotatable bonds is 6. The van der Waals surface area contributed by atoms with Crippen LogP contribution in [0.1, 0.15) is 48.5 Å². The number of hydrogen-bond acceptors (Lipinski definition) is 6. The van der Waals surface area contributed by atoms with E-state index < -0.39 is 29.2 Å². The van der Waals surface area contributed by atoms with Crippen LogP contribution in [0, 0.1) is 11.8 Å². The second-order valence-electron chi connectivity index (χ2n) is 9.22. The third-order valence-corrected chi connectivity index (χ3v) is 6.83. The molecule has 11 heteroatoms. The Balaban J connectivity index is 0.00000380. The fourth-order valence-corrected chi connectivity index (χ4v) is 5.00. The van der Waals surface area contributed by atoms with Crippen LogP contribution in [0.25, 0.3) is 0 Å². The fourth-order valence-electron chi connectivity index (χ4n) is 5.00. The van der Waals surface area contributed by atoms with Gasteiger partial charge in [-0.3, -0.25) is 18.7 Å². The van der Waals surface area contributed by atoms with Crippen molar-refractivity contribution < 1.29 is 14.7 Å². The van der Waals surface area contributed by atoms with Gasteiger partial charge >= 0.3 is 11.7 Å². The lowest BCUT2D eigenvalue weighted by Crippen LogP contribution is -2.48. The summed E-state index contributed by atoms with van der Waals surface area (Å²) in [5.74, 6) is 4.74. The van der Waals surface area contributed by atoms with E-state index in [1.54, 1.807) is 31.2 Å². The molecule has 1 aromatic carbocycles. The number of amides is 1. The zero-order valence-electron chi connectivity index (χ0n) is 20.8. The van der Waals surface area contributed by atoms with Gasteiger partial charge in [0, 0.05) is 37.3 Å². The van der Waals surface area contributed by atoms with E-state index >= 15 is 0 Å². The zero-order valence-corrected chi connectivity index (χ0v) is 21.6. The first-order valence-electron chi connectivity index (χ1n) is 12.2. The number of carbonyl (C=O) groups excluding carboxylic acids is 1. The predicted octanol–water partition coefficient (Wildman–Crippen LogP) is 1.12. The Bertz CT molecular complexity index is 1340. The van der Waals surface area contributed by atoms with E-state index in [1.165, 1.54) is 15.5 Å². The lowest BCUT2D eigenvalue weighted by atomic mass is 10.1. The highest BCUT2D eigenvalue weighted by molar-refractivity contribution is 5.98. The molecule has 198 valence electrons. The van der Waals surface area contributed by atoms with Crippen LogP contribution in [0.15, 0.2) is 39.9 Å². The van der Waals surface area contributed by atoms with Gasteiger partial charge in [0.25, 0.3) is 11.5 Å². The van der Waals surface area contributed by atoms with E-state index in [0.29, 0.717) is 43.9 Å². The summed E-state index contributed by atoms with van der Waals surface area (Å²) >= 11 is 0. The van der Waals surface area contributed by atoms with E-state index in [4.69, 9.17) is 5.73 Å². The number of aromatic nitrogens is 2. The van der Waals surface area contributed by atoms with Crippen molar-refractivity contribution >= 4 is 30.1 Å². The van der Waals surface area contributed by atoms with Crippen LogP contribution in [0.3, 0.4) is 0 Å². The Morgan fingerprint density at radius 3 is 2.54 bits per heavy atom. The predicted molar refractivity (Wildman–Crippen MR) is 142 cm³/mol. The standard InChI is InChI=1S/C26H31N5O5.ClH/c1-2-3-13-30-22(28-12-6-9-19(27)17-28)15-23(32)31(26(30)36)16-18-8-4-5-10-20(18)24(33)29-14-7-11-21(29)25(34)35;/h4-5,8,10,15,19,21H,6-7,9,11-14,16-17,27H2,1H3,(H,34,35);1H/t19-,21+;/m1./s1. The molecule has 0 unspecified atom stereocenters. The van der Waals surface area contributed by atoms with Crippen LogP contribution in [0.4, 0.5) is 5.82 Å². The van der Waals surface area contributed by atoms with Crippen molar-refractivity contribution in [2.24, 2.45) is 5.73 Å². The SMILES string of the molecule is CC#CCn1c(N2CCC[C@@H](N)C2)cc(=O)n(Cc2ccccc2C(=O)N2CCC[C@H]2C(=O)O)c1=O.Cl. The summed E-state index contributed by atoms with van der Waals surface area (Å²) in [4.78, 5) is 54.9. The Hall–Kier alpha value is -3.55. The molecule has 2 fully saturated rings. The van der Waals surface area contributed by atoms with Gasteiger partial charge in [0.05, 0.1) is 13.1 Å². The van der Waals surface area contributed by atoms with Crippen LogP contribution in [-0.2, 0) is 17.9 Å². The number of carboxylic acids is 1. The van der Waals surface area contributed by atoms with E-state index in [2.05, 4.69) is 11.8 Å². The molecule has 4 rings (SSSR count). The van der Waals surface area contributed by atoms with Crippen LogP contribution in [0.2, 0.25) is 0 Å². The smallest absolute Gasteiger partial charge is 0.333 e. The van der Waals surface area contributed by atoms with E-state index in [1.807, 2.05) is 4.90 Å². The summed E-state index contributed by atoms with van der Waals surface area (Å²) < 4.78 is 2.57. The van der Waals surface area contributed by atoms with Crippen LogP contribution >= 0.6 is 12.4 Å². The number of nitrogens with two attached hydrogens (primary N) is 1. The normalized spacial score (nSPS) is 19.1. The average Bonchev–Trinajstić information content (AvgIpc) is 3.36. The number of carbonyl (C=O) groups is 2. The number of nitrogens with zero attached hydrogens (tertiary/aromatic N) is 4. The van der Waals surface area contributed by atoms with Crippen molar-refractivity contribution in [3.8, 4) is 11.8 Å². The second-order valence-corrected chi connectivity index (χ2v) is 9.22. The first kappa shape index (κ1) is 28.0. The van der Waals surface area contributed by atoms with Gasteiger partial charge in [-0.1, -0.05) is 24.1 Å². The highest BCUT2D eigenvalue weighted by atomic mass is 35.5. The van der Waals surface area contributed by atoms with Gasteiger partial charge in [-0.05, 0) is 44.2 Å². The van der Waals surface area contributed by atoms with Gasteiger partial charge < -0.3 is 20.6 Å². The van der Waals surface area contributed by atoms with Gasteiger partial charge in [-0.25, -0.2) is 9.59 Å². The topological polar surface area (TPSA) is 131 Å². The Labute approximate surface area is 221 Å². The molecule has 37 heavy (non-hydrogen) atoms. The molecule has 2 aliphatic heterocycles. The average molecular weight is 530 g/mol.